The van der Waals surface area contributed by atoms with Crippen molar-refractivity contribution >= 4 is 47.8 Å². The maximum absolute atomic E-state index is 13.5. The minimum Gasteiger partial charge on any atom is -0.495 e. The van der Waals surface area contributed by atoms with E-state index in [4.69, 9.17) is 34.2 Å². The van der Waals surface area contributed by atoms with Crippen LogP contribution in [0.1, 0.15) is 68.2 Å². The average Bonchev–Trinajstić information content (AvgIpc) is 3.96. The van der Waals surface area contributed by atoms with E-state index in [-0.39, 0.29) is 55.2 Å². The highest BCUT2D eigenvalue weighted by atomic mass is 35.5. The first-order chi connectivity index (χ1) is 35.3. The molecule has 5 N–H and O–H groups in total. The highest BCUT2D eigenvalue weighted by molar-refractivity contribution is 6.07. The van der Waals surface area contributed by atoms with Crippen LogP contribution in [0.2, 0.25) is 0 Å². The molecule has 0 radical (unpaired) electrons. The van der Waals surface area contributed by atoms with Gasteiger partial charge in [-0.05, 0) is 60.7 Å². The molecule has 5 heterocycles. The van der Waals surface area contributed by atoms with Crippen LogP contribution in [0.5, 0.6) is 23.0 Å². The zero-order chi connectivity index (χ0) is 51.9. The van der Waals surface area contributed by atoms with Gasteiger partial charge in [0.05, 0.1) is 68.4 Å². The number of amides is 3. The van der Waals surface area contributed by atoms with Gasteiger partial charge >= 0.3 is 12.2 Å². The number of para-hydroxylation sites is 2. The molecule has 2 aliphatic heterocycles. The van der Waals surface area contributed by atoms with Crippen LogP contribution in [0.4, 0.5) is 38.5 Å². The number of hydrogen-bond acceptors (Lipinski definition) is 14. The van der Waals surface area contributed by atoms with E-state index < -0.39 is 53.3 Å². The van der Waals surface area contributed by atoms with Crippen molar-refractivity contribution in [2.45, 2.75) is 38.1 Å². The lowest BCUT2D eigenvalue weighted by atomic mass is 9.97. The number of nitrogens with zero attached hydrogens (tertiary/aromatic N) is 4. The predicted molar refractivity (Wildman–Crippen MR) is 261 cm³/mol. The van der Waals surface area contributed by atoms with Crippen molar-refractivity contribution < 1.29 is 65.2 Å². The summed E-state index contributed by atoms with van der Waals surface area (Å²) in [6.07, 6.45) is 7.52. The van der Waals surface area contributed by atoms with Gasteiger partial charge in [-0.2, -0.15) is 0 Å². The van der Waals surface area contributed by atoms with E-state index in [9.17, 15) is 36.7 Å². The van der Waals surface area contributed by atoms with Crippen LogP contribution in [0.15, 0.2) is 128 Å². The lowest BCUT2D eigenvalue weighted by Gasteiger charge is -2.27. The van der Waals surface area contributed by atoms with Crippen molar-refractivity contribution in [1.82, 2.24) is 24.8 Å². The van der Waals surface area contributed by atoms with E-state index in [1.807, 2.05) is 6.07 Å². The summed E-state index contributed by atoms with van der Waals surface area (Å²) in [4.78, 5) is 60.9. The molecule has 3 amide bonds. The van der Waals surface area contributed by atoms with Crippen molar-refractivity contribution in [1.29, 1.82) is 0 Å². The maximum Gasteiger partial charge on any atom is 0.419 e. The molecule has 7 aromatic rings. The number of anilines is 2. The van der Waals surface area contributed by atoms with E-state index in [0.29, 0.717) is 65.0 Å². The maximum atomic E-state index is 13.5. The molecule has 23 heteroatoms. The molecular weight excluding hydrogens is 996 g/mol. The first-order valence-electron chi connectivity index (χ1n) is 22.2. The van der Waals surface area contributed by atoms with E-state index in [2.05, 4.69) is 30.9 Å². The second-order valence-electron chi connectivity index (χ2n) is 15.7. The lowest BCUT2D eigenvalue weighted by Crippen LogP contribution is -2.33. The van der Waals surface area contributed by atoms with E-state index in [1.54, 1.807) is 67.9 Å². The first-order valence-corrected chi connectivity index (χ1v) is 22.2. The monoisotopic (exact) mass is 1040 g/mol. The summed E-state index contributed by atoms with van der Waals surface area (Å²) in [7, 11) is 3.10. The number of imidazole rings is 1. The van der Waals surface area contributed by atoms with Crippen LogP contribution in [0.3, 0.4) is 0 Å². The Morgan fingerprint density at radius 2 is 1.20 bits per heavy atom. The molecule has 0 saturated heterocycles. The largest absolute Gasteiger partial charge is 0.495 e. The second kappa shape index (κ2) is 26.1. The Labute approximate surface area is 426 Å². The molecule has 2 atom stereocenters. The Kier molecular flexibility index (Phi) is 19.2. The van der Waals surface area contributed by atoms with Gasteiger partial charge in [0.2, 0.25) is 0 Å². The number of nitrogens with one attached hydrogen (secondary N) is 3. The summed E-state index contributed by atoms with van der Waals surface area (Å²) in [6, 6.07) is 22.6. The molecule has 18 nitrogen and oxygen atoms in total. The summed E-state index contributed by atoms with van der Waals surface area (Å²) in [6.45, 7) is 0.778. The quantitative estimate of drug-likeness (QED) is 0.0886. The predicted octanol–water partition coefficient (Wildman–Crippen LogP) is 9.26. The molecule has 386 valence electrons. The molecule has 3 aromatic heterocycles. The van der Waals surface area contributed by atoms with E-state index in [0.717, 1.165) is 29.8 Å². The molecule has 4 aromatic carbocycles. The van der Waals surface area contributed by atoms with Crippen LogP contribution in [0.25, 0.3) is 0 Å². The Hall–Kier alpha value is -8.76. The van der Waals surface area contributed by atoms with E-state index in [1.165, 1.54) is 48.7 Å². The topological polar surface area (TPSA) is 229 Å². The van der Waals surface area contributed by atoms with Crippen molar-refractivity contribution in [3.05, 3.63) is 185 Å². The summed E-state index contributed by atoms with van der Waals surface area (Å²) in [5.74, 6) is -3.09. The SMILES string of the molecule is COc1ccc(COC(=O)N[C@H]2CCOc3c(C(=O)Nc4ccc(F)c(F)c4)cccc32)nc1.COc1ccc(COC(=O)n2ccnc2)nc1.Cl.N[C@H]1CCOc2c(C(=O)Nc3ccc(F)c(F)c3)cccc21. The Balaban J connectivity index is 0.000000192. The van der Waals surface area contributed by atoms with Crippen LogP contribution >= 0.6 is 12.4 Å². The number of ether oxygens (including phenoxy) is 6. The zero-order valence-corrected chi connectivity index (χ0v) is 40.2. The molecule has 0 unspecified atom stereocenters. The number of carbonyl (C=O) groups excluding carboxylic acids is 4. The van der Waals surface area contributed by atoms with Crippen molar-refractivity contribution in [3.63, 3.8) is 0 Å². The molecule has 0 fully saturated rings. The van der Waals surface area contributed by atoms with Crippen LogP contribution in [-0.2, 0) is 22.7 Å². The second-order valence-corrected chi connectivity index (χ2v) is 15.7. The summed E-state index contributed by atoms with van der Waals surface area (Å²) in [5.41, 5.74) is 9.36. The van der Waals surface area contributed by atoms with Crippen LogP contribution in [-0.4, -0.2) is 71.0 Å². The van der Waals surface area contributed by atoms with Gasteiger partial charge in [-0.15, -0.1) is 12.4 Å². The summed E-state index contributed by atoms with van der Waals surface area (Å²) >= 11 is 0. The number of alkyl carbamates (subject to hydrolysis) is 1. The molecule has 0 aliphatic carbocycles. The number of pyridine rings is 2. The summed E-state index contributed by atoms with van der Waals surface area (Å²) in [5, 5.41) is 7.83. The number of benzene rings is 4. The van der Waals surface area contributed by atoms with Crippen LogP contribution < -0.4 is 40.6 Å². The highest BCUT2D eigenvalue weighted by Crippen LogP contribution is 2.36. The van der Waals surface area contributed by atoms with Gasteiger partial charge in [0.15, 0.2) is 23.3 Å². The standard InChI is InChI=1S/C24H21F2N3O5.C16H14F2N2O2.C11H11N3O3.ClH/c1-32-16-7-5-15(27-12-16)13-34-24(31)29-21-9-10-33-22-17(21)3-2-4-18(22)23(30)28-14-6-8-19(25)20(26)11-14;17-12-5-4-9(8-13(12)18)20-16(21)11-3-1-2-10-14(19)6-7-22-15(10)11;1-16-10-3-2-9(13-6-10)7-17-11(15)14-5-4-12-8-14;/h2-8,11-12,21H,9-10,13H2,1H3,(H,28,30)(H,29,31);1-5,8,14H,6-7,19H2,(H,20,21);2-6,8H,7H2,1H3;1H/t21-;14-;;/m00../s1. The van der Waals surface area contributed by atoms with Crippen molar-refractivity contribution in [3.8, 4) is 23.0 Å². The number of nitrogens with two attached hydrogens (primary N) is 1. The van der Waals surface area contributed by atoms with Gasteiger partial charge in [-0.25, -0.2) is 36.7 Å². The molecule has 0 saturated carbocycles. The lowest BCUT2D eigenvalue weighted by molar-refractivity contribution is 0.101. The minimum absolute atomic E-state index is 0. The normalized spacial score (nSPS) is 13.8. The number of methoxy groups -OCH3 is 2. The van der Waals surface area contributed by atoms with Gasteiger partial charge in [-0.3, -0.25) is 19.6 Å². The fourth-order valence-electron chi connectivity index (χ4n) is 7.06. The number of fused-ring (bicyclic) bond motifs is 2. The number of hydrogen-bond donors (Lipinski definition) is 4. The van der Waals surface area contributed by atoms with Gasteiger partial charge in [0, 0.05) is 65.9 Å². The molecule has 74 heavy (non-hydrogen) atoms. The Morgan fingerprint density at radius 3 is 1.70 bits per heavy atom. The van der Waals surface area contributed by atoms with Gasteiger partial charge < -0.3 is 50.1 Å². The third-order valence-electron chi connectivity index (χ3n) is 10.8. The number of rotatable bonds is 11. The third kappa shape index (κ3) is 14.4. The zero-order valence-electron chi connectivity index (χ0n) is 39.4. The third-order valence-corrected chi connectivity index (χ3v) is 10.8. The van der Waals surface area contributed by atoms with Gasteiger partial charge in [0.1, 0.15) is 42.5 Å². The van der Waals surface area contributed by atoms with Crippen molar-refractivity contribution in [2.75, 3.05) is 38.1 Å². The minimum atomic E-state index is -1.07. The average molecular weight is 1040 g/mol. The Bertz CT molecular complexity index is 3050. The molecule has 0 bridgehead atoms. The van der Waals surface area contributed by atoms with Crippen molar-refractivity contribution in [2.24, 2.45) is 5.73 Å². The smallest absolute Gasteiger partial charge is 0.419 e. The van der Waals surface area contributed by atoms with E-state index >= 15 is 0 Å². The Morgan fingerprint density at radius 1 is 0.676 bits per heavy atom. The first kappa shape index (κ1) is 54.6. The molecule has 9 rings (SSSR count). The number of aromatic nitrogens is 4. The highest BCUT2D eigenvalue weighted by Gasteiger charge is 2.28. The van der Waals surface area contributed by atoms with Gasteiger partial charge in [0.25, 0.3) is 11.8 Å². The number of carbonyl (C=O) groups is 4. The fraction of sp³-hybridized carbons (Fsp3) is 0.196. The van der Waals surface area contributed by atoms with Gasteiger partial charge in [-0.1, -0.05) is 24.3 Å². The number of halogens is 5. The van der Waals surface area contributed by atoms with Crippen LogP contribution in [0, 0.1) is 23.3 Å². The molecule has 2 aliphatic rings. The summed E-state index contributed by atoms with van der Waals surface area (Å²) < 4.78 is 85.5. The fourth-order valence-corrected chi connectivity index (χ4v) is 7.06. The molecule has 0 spiro atoms. The molecular formula is C51H47ClF4N8O10.